The fraction of sp³-hybridized carbons (Fsp3) is 0.462. The van der Waals surface area contributed by atoms with Crippen molar-refractivity contribution in [1.82, 2.24) is 0 Å². The Morgan fingerprint density at radius 1 is 1.44 bits per heavy atom. The van der Waals surface area contributed by atoms with E-state index >= 15 is 0 Å². The van der Waals surface area contributed by atoms with Crippen molar-refractivity contribution in [2.45, 2.75) is 18.6 Å². The highest BCUT2D eigenvalue weighted by atomic mass is 32.2. The Bertz CT molecular complexity index is 368. The van der Waals surface area contributed by atoms with Crippen molar-refractivity contribution >= 4 is 29.0 Å². The number of nitrogen functional groups attached to an aromatic ring is 1. The van der Waals surface area contributed by atoms with Crippen molar-refractivity contribution in [2.24, 2.45) is 0 Å². The van der Waals surface area contributed by atoms with Gasteiger partial charge in [0.1, 0.15) is 0 Å². The first-order valence-electron chi connectivity index (χ1n) is 5.90. The summed E-state index contributed by atoms with van der Waals surface area (Å²) in [5.74, 6) is 0.937. The number of anilines is 2. The predicted molar refractivity (Wildman–Crippen MR) is 77.9 cm³/mol. The number of carbonyl (C=O) groups excluding carboxylic acids is 1. The van der Waals surface area contributed by atoms with Crippen LogP contribution >= 0.6 is 11.8 Å². The van der Waals surface area contributed by atoms with Gasteiger partial charge in [0.15, 0.2) is 0 Å². The predicted octanol–water partition coefficient (Wildman–Crippen LogP) is 2.37. The van der Waals surface area contributed by atoms with E-state index in [4.69, 9.17) is 10.5 Å². The van der Waals surface area contributed by atoms with Gasteiger partial charge in [-0.05, 0) is 43.4 Å². The standard InChI is InChI=1S/C13H20N2O2S/c1-10(18-9-3-8-17-2)13(16)15-12-6-4-11(14)5-7-12/h4-7,10H,3,8-9,14H2,1-2H3,(H,15,16). The maximum atomic E-state index is 11.9. The SMILES string of the molecule is COCCCSC(C)C(=O)Nc1ccc(N)cc1. The number of nitrogens with two attached hydrogens (primary N) is 1. The number of benzene rings is 1. The molecule has 0 saturated carbocycles. The Kier molecular flexibility index (Phi) is 6.60. The summed E-state index contributed by atoms with van der Waals surface area (Å²) in [4.78, 5) is 11.9. The van der Waals surface area contributed by atoms with Crippen molar-refractivity contribution in [3.05, 3.63) is 24.3 Å². The molecule has 1 rings (SSSR count). The molecule has 0 fully saturated rings. The Balaban J connectivity index is 2.33. The quantitative estimate of drug-likeness (QED) is 0.588. The molecule has 0 aliphatic rings. The highest BCUT2D eigenvalue weighted by molar-refractivity contribution is 8.00. The van der Waals surface area contributed by atoms with Crippen LogP contribution in [0, 0.1) is 0 Å². The number of nitrogens with one attached hydrogen (secondary N) is 1. The van der Waals surface area contributed by atoms with Crippen molar-refractivity contribution in [3.8, 4) is 0 Å². The van der Waals surface area contributed by atoms with Gasteiger partial charge in [-0.3, -0.25) is 4.79 Å². The highest BCUT2D eigenvalue weighted by Gasteiger charge is 2.12. The van der Waals surface area contributed by atoms with Gasteiger partial charge in [0.05, 0.1) is 5.25 Å². The molecule has 100 valence electrons. The molecule has 5 heteroatoms. The van der Waals surface area contributed by atoms with Gasteiger partial charge in [0.25, 0.3) is 0 Å². The van der Waals surface area contributed by atoms with Crippen molar-refractivity contribution in [1.29, 1.82) is 0 Å². The molecule has 1 atom stereocenters. The first-order chi connectivity index (χ1) is 8.63. The molecule has 0 aliphatic carbocycles. The summed E-state index contributed by atoms with van der Waals surface area (Å²) in [6.45, 7) is 2.64. The molecule has 1 aromatic carbocycles. The molecule has 0 heterocycles. The Morgan fingerprint density at radius 3 is 2.72 bits per heavy atom. The number of carbonyl (C=O) groups is 1. The lowest BCUT2D eigenvalue weighted by Crippen LogP contribution is -2.22. The van der Waals surface area contributed by atoms with Crippen molar-refractivity contribution in [2.75, 3.05) is 30.5 Å². The average Bonchev–Trinajstić information content (AvgIpc) is 2.37. The zero-order chi connectivity index (χ0) is 13.4. The number of methoxy groups -OCH3 is 1. The smallest absolute Gasteiger partial charge is 0.237 e. The zero-order valence-electron chi connectivity index (χ0n) is 10.8. The van der Waals surface area contributed by atoms with E-state index in [1.54, 1.807) is 43.1 Å². The maximum absolute atomic E-state index is 11.9. The summed E-state index contributed by atoms with van der Waals surface area (Å²) in [5, 5.41) is 2.79. The van der Waals surface area contributed by atoms with E-state index in [1.807, 2.05) is 6.92 Å². The Morgan fingerprint density at radius 2 is 2.11 bits per heavy atom. The van der Waals surface area contributed by atoms with Crippen molar-refractivity contribution in [3.63, 3.8) is 0 Å². The minimum Gasteiger partial charge on any atom is -0.399 e. The molecule has 1 unspecified atom stereocenters. The normalized spacial score (nSPS) is 12.1. The zero-order valence-corrected chi connectivity index (χ0v) is 11.6. The van der Waals surface area contributed by atoms with E-state index < -0.39 is 0 Å². The lowest BCUT2D eigenvalue weighted by Gasteiger charge is -2.12. The van der Waals surface area contributed by atoms with Crippen LogP contribution in [-0.4, -0.2) is 30.6 Å². The van der Waals surface area contributed by atoms with Gasteiger partial charge < -0.3 is 15.8 Å². The van der Waals surface area contributed by atoms with E-state index in [2.05, 4.69) is 5.32 Å². The van der Waals surface area contributed by atoms with Crippen LogP contribution < -0.4 is 11.1 Å². The van der Waals surface area contributed by atoms with Crippen LogP contribution in [0.5, 0.6) is 0 Å². The first-order valence-corrected chi connectivity index (χ1v) is 6.95. The topological polar surface area (TPSA) is 64.3 Å². The number of thioether (sulfide) groups is 1. The number of amides is 1. The molecule has 0 radical (unpaired) electrons. The monoisotopic (exact) mass is 268 g/mol. The van der Waals surface area contributed by atoms with Crippen LogP contribution in [0.1, 0.15) is 13.3 Å². The fourth-order valence-electron chi connectivity index (χ4n) is 1.35. The molecule has 18 heavy (non-hydrogen) atoms. The van der Waals surface area contributed by atoms with Crippen molar-refractivity contribution < 1.29 is 9.53 Å². The van der Waals surface area contributed by atoms with Gasteiger partial charge in [-0.2, -0.15) is 0 Å². The second-order valence-corrected chi connectivity index (χ2v) is 5.42. The number of rotatable bonds is 7. The lowest BCUT2D eigenvalue weighted by atomic mass is 10.3. The van der Waals surface area contributed by atoms with Gasteiger partial charge in [0, 0.05) is 25.1 Å². The molecule has 0 aliphatic heterocycles. The third kappa shape index (κ3) is 5.42. The Labute approximate surface area is 112 Å². The fourth-order valence-corrected chi connectivity index (χ4v) is 2.20. The largest absolute Gasteiger partial charge is 0.399 e. The molecule has 4 nitrogen and oxygen atoms in total. The summed E-state index contributed by atoms with van der Waals surface area (Å²) in [7, 11) is 1.68. The van der Waals surface area contributed by atoms with Gasteiger partial charge >= 0.3 is 0 Å². The molecule has 3 N–H and O–H groups in total. The highest BCUT2D eigenvalue weighted by Crippen LogP contribution is 2.16. The second-order valence-electron chi connectivity index (χ2n) is 3.97. The van der Waals surface area contributed by atoms with E-state index in [1.165, 1.54) is 0 Å². The third-order valence-corrected chi connectivity index (χ3v) is 3.65. The summed E-state index contributed by atoms with van der Waals surface area (Å²) in [5.41, 5.74) is 7.05. The second kappa shape index (κ2) is 8.00. The molecule has 0 saturated heterocycles. The first kappa shape index (κ1) is 14.9. The molecular formula is C13H20N2O2S. The van der Waals surface area contributed by atoms with E-state index in [0.29, 0.717) is 5.69 Å². The molecule has 0 bridgehead atoms. The van der Waals surface area contributed by atoms with Crippen LogP contribution in [-0.2, 0) is 9.53 Å². The van der Waals surface area contributed by atoms with Crippen LogP contribution in [0.15, 0.2) is 24.3 Å². The molecule has 1 amide bonds. The van der Waals surface area contributed by atoms with E-state index in [-0.39, 0.29) is 11.2 Å². The molecular weight excluding hydrogens is 248 g/mol. The summed E-state index contributed by atoms with van der Waals surface area (Å²) < 4.78 is 4.97. The summed E-state index contributed by atoms with van der Waals surface area (Å²) >= 11 is 1.63. The van der Waals surface area contributed by atoms with Crippen LogP contribution in [0.4, 0.5) is 11.4 Å². The number of hydrogen-bond donors (Lipinski definition) is 2. The summed E-state index contributed by atoms with van der Waals surface area (Å²) in [6.07, 6.45) is 0.959. The van der Waals surface area contributed by atoms with Crippen LogP contribution in [0.3, 0.4) is 0 Å². The average molecular weight is 268 g/mol. The van der Waals surface area contributed by atoms with Crippen LogP contribution in [0.2, 0.25) is 0 Å². The number of hydrogen-bond acceptors (Lipinski definition) is 4. The minimum atomic E-state index is -0.0700. The minimum absolute atomic E-state index is 0.0159. The maximum Gasteiger partial charge on any atom is 0.237 e. The van der Waals surface area contributed by atoms with Gasteiger partial charge in [-0.15, -0.1) is 11.8 Å². The molecule has 1 aromatic rings. The van der Waals surface area contributed by atoms with E-state index in [0.717, 1.165) is 24.5 Å². The lowest BCUT2D eigenvalue weighted by molar-refractivity contribution is -0.115. The van der Waals surface area contributed by atoms with Gasteiger partial charge in [0.2, 0.25) is 5.91 Å². The number of ether oxygens (including phenoxy) is 1. The van der Waals surface area contributed by atoms with Gasteiger partial charge in [-0.25, -0.2) is 0 Å². The summed E-state index contributed by atoms with van der Waals surface area (Å²) in [6, 6.07) is 7.14. The van der Waals surface area contributed by atoms with Gasteiger partial charge in [-0.1, -0.05) is 0 Å². The Hall–Kier alpha value is -1.20. The van der Waals surface area contributed by atoms with Crippen LogP contribution in [0.25, 0.3) is 0 Å². The molecule has 0 aromatic heterocycles. The third-order valence-electron chi connectivity index (χ3n) is 2.41. The molecule has 0 spiro atoms. The van der Waals surface area contributed by atoms with E-state index in [9.17, 15) is 4.79 Å².